The van der Waals surface area contributed by atoms with Crippen LogP contribution in [0.2, 0.25) is 0 Å². The summed E-state index contributed by atoms with van der Waals surface area (Å²) in [5, 5.41) is 6.67. The number of nitrogens with one attached hydrogen (secondary N) is 2. The summed E-state index contributed by atoms with van der Waals surface area (Å²) < 4.78 is 0. The number of nitrogens with zero attached hydrogens (tertiary/aromatic N) is 2. The van der Waals surface area contributed by atoms with E-state index < -0.39 is 0 Å². The van der Waals surface area contributed by atoms with Crippen LogP contribution in [0.1, 0.15) is 56.1 Å². The molecule has 0 spiro atoms. The number of piperidine rings is 2. The number of aliphatic imine (C=N–C) groups is 1. The number of likely N-dealkylation sites (tertiary alicyclic amines) is 1. The van der Waals surface area contributed by atoms with Crippen molar-refractivity contribution in [1.82, 2.24) is 15.5 Å². The summed E-state index contributed by atoms with van der Waals surface area (Å²) in [5.41, 5.74) is 2.55. The van der Waals surface area contributed by atoms with Gasteiger partial charge in [-0.2, -0.15) is 0 Å². The number of hydrogen-bond acceptors (Lipinski definition) is 4. The van der Waals surface area contributed by atoms with Gasteiger partial charge in [-0.15, -0.1) is 0 Å². The second-order valence-electron chi connectivity index (χ2n) is 9.16. The number of carbonyl (C=O) groups excluding carboxylic acids is 2. The molecule has 2 saturated heterocycles. The molecule has 6 heteroatoms. The molecule has 0 unspecified atom stereocenters. The zero-order chi connectivity index (χ0) is 21.1. The maximum atomic E-state index is 12.8. The van der Waals surface area contributed by atoms with E-state index in [2.05, 4.69) is 39.9 Å². The zero-order valence-corrected chi connectivity index (χ0v) is 18.1. The van der Waals surface area contributed by atoms with Gasteiger partial charge in [0.1, 0.15) is 0 Å². The minimum absolute atomic E-state index is 0.0419. The molecule has 1 aliphatic carbocycles. The molecule has 1 aromatic rings. The molecule has 2 N–H and O–H groups in total. The van der Waals surface area contributed by atoms with Crippen LogP contribution < -0.4 is 10.6 Å². The van der Waals surface area contributed by atoms with Gasteiger partial charge in [0.05, 0.1) is 12.1 Å². The summed E-state index contributed by atoms with van der Waals surface area (Å²) >= 11 is 0. The van der Waals surface area contributed by atoms with Crippen molar-refractivity contribution in [1.29, 1.82) is 0 Å². The summed E-state index contributed by atoms with van der Waals surface area (Å²) in [4.78, 5) is 30.4. The van der Waals surface area contributed by atoms with Gasteiger partial charge in [0.25, 0.3) is 0 Å². The molecule has 6 nitrogen and oxygen atoms in total. The molecule has 1 saturated carbocycles. The van der Waals surface area contributed by atoms with E-state index in [4.69, 9.17) is 0 Å². The van der Waals surface area contributed by atoms with Crippen molar-refractivity contribution in [2.45, 2.75) is 69.5 Å². The third-order valence-corrected chi connectivity index (χ3v) is 7.15. The Morgan fingerprint density at radius 1 is 1.20 bits per heavy atom. The molecule has 2 aliphatic heterocycles. The Morgan fingerprint density at radius 2 is 1.93 bits per heavy atom. The van der Waals surface area contributed by atoms with Crippen LogP contribution in [0, 0.1) is 5.92 Å². The van der Waals surface area contributed by atoms with E-state index in [-0.39, 0.29) is 23.9 Å². The molecule has 0 aromatic heterocycles. The van der Waals surface area contributed by atoms with Crippen LogP contribution in [-0.4, -0.2) is 61.2 Å². The Hall–Kier alpha value is -2.21. The summed E-state index contributed by atoms with van der Waals surface area (Å²) in [6, 6.07) is 9.16. The Labute approximate surface area is 179 Å². The first-order valence-electron chi connectivity index (χ1n) is 11.4. The van der Waals surface area contributed by atoms with Crippen LogP contribution >= 0.6 is 0 Å². The van der Waals surface area contributed by atoms with Crippen molar-refractivity contribution in [2.24, 2.45) is 10.9 Å². The first-order chi connectivity index (χ1) is 14.5. The third-order valence-electron chi connectivity index (χ3n) is 7.15. The van der Waals surface area contributed by atoms with Gasteiger partial charge in [-0.25, -0.2) is 0 Å². The fourth-order valence-corrected chi connectivity index (χ4v) is 5.45. The molecule has 2 amide bonds. The highest BCUT2D eigenvalue weighted by atomic mass is 16.2. The molecule has 4 rings (SSSR count). The fourth-order valence-electron chi connectivity index (χ4n) is 5.45. The Bertz CT molecular complexity index is 783. The average Bonchev–Trinajstić information content (AvgIpc) is 3.38. The van der Waals surface area contributed by atoms with Gasteiger partial charge in [-0.3, -0.25) is 14.6 Å². The molecule has 30 heavy (non-hydrogen) atoms. The van der Waals surface area contributed by atoms with Crippen LogP contribution in [-0.2, 0) is 16.0 Å². The minimum Gasteiger partial charge on any atom is -0.347 e. The lowest BCUT2D eigenvalue weighted by molar-refractivity contribution is -0.129. The average molecular weight is 411 g/mol. The SMILES string of the molecule is CN=C[C@H](Cc1ccc(C2CCN(C(C)=O)CC2)cc1)NC(=O)[C@H]1N[C@@H]2CC[C@H]1C2. The number of rotatable bonds is 6. The van der Waals surface area contributed by atoms with Crippen molar-refractivity contribution >= 4 is 18.0 Å². The predicted molar refractivity (Wildman–Crippen MR) is 119 cm³/mol. The first-order valence-corrected chi connectivity index (χ1v) is 11.4. The molecule has 2 bridgehead atoms. The van der Waals surface area contributed by atoms with E-state index in [0.29, 0.717) is 17.9 Å². The summed E-state index contributed by atoms with van der Waals surface area (Å²) in [5.74, 6) is 1.30. The van der Waals surface area contributed by atoms with Gasteiger partial charge >= 0.3 is 0 Å². The Kier molecular flexibility index (Phi) is 6.52. The minimum atomic E-state index is -0.0897. The number of carbonyl (C=O) groups is 2. The number of fused-ring (bicyclic) bond motifs is 2. The van der Waals surface area contributed by atoms with Crippen LogP contribution in [0.3, 0.4) is 0 Å². The molecular weight excluding hydrogens is 376 g/mol. The van der Waals surface area contributed by atoms with Gasteiger partial charge in [-0.1, -0.05) is 24.3 Å². The first kappa shape index (κ1) is 21.0. The van der Waals surface area contributed by atoms with Gasteiger partial charge in [-0.05, 0) is 61.5 Å². The quantitative estimate of drug-likeness (QED) is 0.707. The van der Waals surface area contributed by atoms with E-state index in [1.165, 1.54) is 17.5 Å². The molecule has 4 atom stereocenters. The van der Waals surface area contributed by atoms with E-state index in [9.17, 15) is 9.59 Å². The van der Waals surface area contributed by atoms with Crippen LogP contribution in [0.15, 0.2) is 29.3 Å². The number of amides is 2. The second-order valence-corrected chi connectivity index (χ2v) is 9.16. The molecule has 1 aromatic carbocycles. The van der Waals surface area contributed by atoms with Crippen molar-refractivity contribution in [3.63, 3.8) is 0 Å². The van der Waals surface area contributed by atoms with Gasteiger partial charge in [0.15, 0.2) is 0 Å². The lowest BCUT2D eigenvalue weighted by Crippen LogP contribution is -2.51. The zero-order valence-electron chi connectivity index (χ0n) is 18.1. The van der Waals surface area contributed by atoms with Gasteiger partial charge in [0.2, 0.25) is 11.8 Å². The summed E-state index contributed by atoms with van der Waals surface area (Å²) in [7, 11) is 1.76. The molecule has 2 heterocycles. The van der Waals surface area contributed by atoms with E-state index >= 15 is 0 Å². The Balaban J connectivity index is 1.32. The summed E-state index contributed by atoms with van der Waals surface area (Å²) in [6.45, 7) is 3.34. The smallest absolute Gasteiger partial charge is 0.237 e. The lowest BCUT2D eigenvalue weighted by atomic mass is 9.88. The topological polar surface area (TPSA) is 73.8 Å². The highest BCUT2D eigenvalue weighted by Gasteiger charge is 2.42. The molecule has 3 aliphatic rings. The molecule has 3 fully saturated rings. The van der Waals surface area contributed by atoms with Crippen LogP contribution in [0.25, 0.3) is 0 Å². The molecule has 0 radical (unpaired) electrons. The maximum Gasteiger partial charge on any atom is 0.237 e. The monoisotopic (exact) mass is 410 g/mol. The van der Waals surface area contributed by atoms with Crippen LogP contribution in [0.4, 0.5) is 0 Å². The lowest BCUT2D eigenvalue weighted by Gasteiger charge is -2.31. The number of benzene rings is 1. The highest BCUT2D eigenvalue weighted by molar-refractivity contribution is 5.86. The van der Waals surface area contributed by atoms with Gasteiger partial charge in [0, 0.05) is 39.3 Å². The number of hydrogen-bond donors (Lipinski definition) is 2. The largest absolute Gasteiger partial charge is 0.347 e. The highest BCUT2D eigenvalue weighted by Crippen LogP contribution is 2.35. The van der Waals surface area contributed by atoms with E-state index in [1.807, 2.05) is 11.1 Å². The van der Waals surface area contributed by atoms with Crippen LogP contribution in [0.5, 0.6) is 0 Å². The molecular formula is C24H34N4O2. The standard InChI is InChI=1S/C24H34N4O2/c1-16(29)28-11-9-19(10-12-28)18-5-3-17(4-6-18)13-22(15-25-2)27-24(30)23-20-7-8-21(14-20)26-23/h3-6,15,19-23,26H,7-14H2,1-2H3,(H,27,30)/t20-,21+,22-,23-/m0/s1. The van der Waals surface area contributed by atoms with Crippen molar-refractivity contribution < 1.29 is 9.59 Å². The fraction of sp³-hybridized carbons (Fsp3) is 0.625. The van der Waals surface area contributed by atoms with Crippen molar-refractivity contribution in [3.8, 4) is 0 Å². The van der Waals surface area contributed by atoms with E-state index in [1.54, 1.807) is 14.0 Å². The third kappa shape index (κ3) is 4.75. The van der Waals surface area contributed by atoms with E-state index in [0.717, 1.165) is 45.2 Å². The second kappa shape index (κ2) is 9.29. The maximum absolute atomic E-state index is 12.8. The van der Waals surface area contributed by atoms with Crippen molar-refractivity contribution in [3.05, 3.63) is 35.4 Å². The Morgan fingerprint density at radius 3 is 2.50 bits per heavy atom. The van der Waals surface area contributed by atoms with Gasteiger partial charge < -0.3 is 15.5 Å². The van der Waals surface area contributed by atoms with Crippen molar-refractivity contribution in [2.75, 3.05) is 20.1 Å². The predicted octanol–water partition coefficient (Wildman–Crippen LogP) is 2.28. The molecule has 162 valence electrons. The normalized spacial score (nSPS) is 27.5. The summed E-state index contributed by atoms with van der Waals surface area (Å²) in [6.07, 6.45) is 8.14.